The summed E-state index contributed by atoms with van der Waals surface area (Å²) in [5, 5.41) is 4.29. The van der Waals surface area contributed by atoms with Gasteiger partial charge in [0.25, 0.3) is 0 Å². The van der Waals surface area contributed by atoms with Crippen molar-refractivity contribution in [2.45, 2.75) is 32.2 Å². The van der Waals surface area contributed by atoms with Gasteiger partial charge in [0, 0.05) is 60.8 Å². The zero-order valence-corrected chi connectivity index (χ0v) is 24.3. The smallest absolute Gasteiger partial charge is 0.220 e. The first-order valence-electron chi connectivity index (χ1n) is 14.8. The van der Waals surface area contributed by atoms with E-state index in [1.54, 1.807) is 6.20 Å². The van der Waals surface area contributed by atoms with Gasteiger partial charge in [0.2, 0.25) is 5.91 Å². The number of carbonyl (C=O) groups is 1. The van der Waals surface area contributed by atoms with E-state index in [1.165, 1.54) is 11.1 Å². The highest BCUT2D eigenvalue weighted by molar-refractivity contribution is 5.87. The van der Waals surface area contributed by atoms with Gasteiger partial charge >= 0.3 is 0 Å². The van der Waals surface area contributed by atoms with Crippen LogP contribution < -0.4 is 10.1 Å². The lowest BCUT2D eigenvalue weighted by atomic mass is 9.88. The van der Waals surface area contributed by atoms with Crippen molar-refractivity contribution in [3.8, 4) is 11.5 Å². The van der Waals surface area contributed by atoms with E-state index in [4.69, 9.17) is 4.74 Å². The Labute approximate surface area is 252 Å². The highest BCUT2D eigenvalue weighted by Crippen LogP contribution is 2.37. The maximum absolute atomic E-state index is 13.5. The monoisotopic (exact) mass is 565 g/mol. The third-order valence-electron chi connectivity index (χ3n) is 7.73. The van der Waals surface area contributed by atoms with Crippen molar-refractivity contribution in [1.29, 1.82) is 0 Å². The standard InChI is InChI=1S/C38H35N3O2/c1-28-17-19-29(20-18-28)26-41-27-36(34-15-5-6-16-37(34)41)35(25-38(42)40-23-21-31-11-7-8-22-39-31)30-10-9-14-33(24-30)43-32-12-3-2-4-13-32/h2-20,22,24,27,35H,21,23,25-26H2,1H3,(H,40,42)/t35-/m1/s1. The molecular formula is C38H35N3O2. The number of aromatic nitrogens is 2. The Balaban J connectivity index is 1.33. The van der Waals surface area contributed by atoms with Gasteiger partial charge in [0.15, 0.2) is 0 Å². The van der Waals surface area contributed by atoms with Crippen LogP contribution in [0.5, 0.6) is 11.5 Å². The molecule has 1 atom stereocenters. The number of nitrogens with one attached hydrogen (secondary N) is 1. The van der Waals surface area contributed by atoms with E-state index in [1.807, 2.05) is 60.7 Å². The highest BCUT2D eigenvalue weighted by atomic mass is 16.5. The third-order valence-corrected chi connectivity index (χ3v) is 7.73. The first-order chi connectivity index (χ1) is 21.1. The van der Waals surface area contributed by atoms with Crippen molar-refractivity contribution in [3.05, 3.63) is 162 Å². The summed E-state index contributed by atoms with van der Waals surface area (Å²) >= 11 is 0. The van der Waals surface area contributed by atoms with Gasteiger partial charge in [0.1, 0.15) is 11.5 Å². The number of fused-ring (bicyclic) bond motifs is 1. The number of rotatable bonds is 11. The number of amides is 1. The Morgan fingerprint density at radius 2 is 1.60 bits per heavy atom. The predicted octanol–water partition coefficient (Wildman–Crippen LogP) is 8.07. The zero-order chi connectivity index (χ0) is 29.4. The molecule has 0 bridgehead atoms. The summed E-state index contributed by atoms with van der Waals surface area (Å²) < 4.78 is 8.49. The molecule has 43 heavy (non-hydrogen) atoms. The maximum Gasteiger partial charge on any atom is 0.220 e. The fraction of sp³-hybridized carbons (Fsp3) is 0.158. The van der Waals surface area contributed by atoms with Crippen LogP contribution in [-0.2, 0) is 17.8 Å². The van der Waals surface area contributed by atoms with E-state index in [0.29, 0.717) is 19.4 Å². The largest absolute Gasteiger partial charge is 0.457 e. The van der Waals surface area contributed by atoms with Crippen LogP contribution in [0.1, 0.15) is 40.3 Å². The van der Waals surface area contributed by atoms with Crippen molar-refractivity contribution in [3.63, 3.8) is 0 Å². The molecule has 5 nitrogen and oxygen atoms in total. The molecule has 0 spiro atoms. The van der Waals surface area contributed by atoms with Gasteiger partial charge in [-0.15, -0.1) is 0 Å². The Morgan fingerprint density at radius 3 is 2.42 bits per heavy atom. The quantitative estimate of drug-likeness (QED) is 0.173. The summed E-state index contributed by atoms with van der Waals surface area (Å²) in [7, 11) is 0. The number of benzene rings is 4. The summed E-state index contributed by atoms with van der Waals surface area (Å²) in [5.74, 6) is 1.36. The number of ether oxygens (including phenoxy) is 1. The van der Waals surface area contributed by atoms with Crippen molar-refractivity contribution in [1.82, 2.24) is 14.9 Å². The van der Waals surface area contributed by atoms with Gasteiger partial charge in [0.05, 0.1) is 0 Å². The van der Waals surface area contributed by atoms with E-state index in [0.717, 1.165) is 45.8 Å². The Morgan fingerprint density at radius 1 is 0.837 bits per heavy atom. The lowest BCUT2D eigenvalue weighted by molar-refractivity contribution is -0.121. The number of aryl methyl sites for hydroxylation is 1. The fourth-order valence-corrected chi connectivity index (χ4v) is 5.53. The molecule has 5 heteroatoms. The Hall–Kier alpha value is -5.16. The second-order valence-corrected chi connectivity index (χ2v) is 10.9. The van der Waals surface area contributed by atoms with Crippen LogP contribution >= 0.6 is 0 Å². The van der Waals surface area contributed by atoms with Crippen LogP contribution in [0.2, 0.25) is 0 Å². The van der Waals surface area contributed by atoms with Crippen LogP contribution in [0.15, 0.2) is 134 Å². The molecule has 214 valence electrons. The summed E-state index contributed by atoms with van der Waals surface area (Å²) in [4.78, 5) is 17.8. The van der Waals surface area contributed by atoms with E-state index in [2.05, 4.69) is 88.7 Å². The molecule has 0 aliphatic rings. The molecule has 0 fully saturated rings. The van der Waals surface area contributed by atoms with Gasteiger partial charge in [-0.1, -0.05) is 84.4 Å². The Bertz CT molecular complexity index is 1790. The second kappa shape index (κ2) is 13.2. The van der Waals surface area contributed by atoms with Gasteiger partial charge in [-0.3, -0.25) is 9.78 Å². The summed E-state index contributed by atoms with van der Waals surface area (Å²) in [6.45, 7) is 3.39. The molecule has 2 heterocycles. The molecule has 2 aromatic heterocycles. The molecule has 0 aliphatic heterocycles. The average Bonchev–Trinajstić information content (AvgIpc) is 3.40. The highest BCUT2D eigenvalue weighted by Gasteiger charge is 2.23. The van der Waals surface area contributed by atoms with Crippen LogP contribution in [0.25, 0.3) is 10.9 Å². The first kappa shape index (κ1) is 28.0. The average molecular weight is 566 g/mol. The number of hydrogen-bond acceptors (Lipinski definition) is 3. The second-order valence-electron chi connectivity index (χ2n) is 10.9. The number of pyridine rings is 1. The van der Waals surface area contributed by atoms with Gasteiger partial charge in [-0.2, -0.15) is 0 Å². The molecule has 1 amide bonds. The summed E-state index contributed by atoms with van der Waals surface area (Å²) in [6.07, 6.45) is 5.01. The van der Waals surface area contributed by atoms with E-state index >= 15 is 0 Å². The molecule has 0 unspecified atom stereocenters. The van der Waals surface area contributed by atoms with Crippen molar-refractivity contribution in [2.75, 3.05) is 6.54 Å². The maximum atomic E-state index is 13.5. The number of hydrogen-bond donors (Lipinski definition) is 1. The molecule has 0 radical (unpaired) electrons. The topological polar surface area (TPSA) is 56.2 Å². The summed E-state index contributed by atoms with van der Waals surface area (Å²) in [5.41, 5.74) is 6.75. The molecule has 4 aromatic carbocycles. The van der Waals surface area contributed by atoms with Crippen molar-refractivity contribution >= 4 is 16.8 Å². The fourth-order valence-electron chi connectivity index (χ4n) is 5.53. The first-order valence-corrected chi connectivity index (χ1v) is 14.8. The van der Waals surface area contributed by atoms with Crippen LogP contribution in [0.3, 0.4) is 0 Å². The third kappa shape index (κ3) is 7.02. The normalized spacial score (nSPS) is 11.7. The molecule has 6 rings (SSSR count). The van der Waals surface area contributed by atoms with Crippen LogP contribution in [-0.4, -0.2) is 22.0 Å². The number of nitrogens with zero attached hydrogens (tertiary/aromatic N) is 2. The van der Waals surface area contributed by atoms with Crippen LogP contribution in [0, 0.1) is 6.92 Å². The molecular weight excluding hydrogens is 530 g/mol. The summed E-state index contributed by atoms with van der Waals surface area (Å²) in [6, 6.07) is 40.9. The zero-order valence-electron chi connectivity index (χ0n) is 24.3. The SMILES string of the molecule is Cc1ccc(Cn2cc([C@H](CC(=O)NCCc3ccccn3)c3cccc(Oc4ccccc4)c3)c3ccccc32)cc1. The molecule has 6 aromatic rings. The molecule has 0 saturated heterocycles. The molecule has 0 aliphatic carbocycles. The lowest BCUT2D eigenvalue weighted by Crippen LogP contribution is -2.27. The Kier molecular flexibility index (Phi) is 8.60. The van der Waals surface area contributed by atoms with Gasteiger partial charge < -0.3 is 14.6 Å². The van der Waals surface area contributed by atoms with E-state index in [9.17, 15) is 4.79 Å². The van der Waals surface area contributed by atoms with Crippen molar-refractivity contribution in [2.24, 2.45) is 0 Å². The minimum atomic E-state index is -0.168. The minimum Gasteiger partial charge on any atom is -0.457 e. The molecule has 1 N–H and O–H groups in total. The van der Waals surface area contributed by atoms with E-state index < -0.39 is 0 Å². The minimum absolute atomic E-state index is 0.00526. The number of carbonyl (C=O) groups excluding carboxylic acids is 1. The number of para-hydroxylation sites is 2. The predicted molar refractivity (Wildman–Crippen MR) is 173 cm³/mol. The van der Waals surface area contributed by atoms with Crippen LogP contribution in [0.4, 0.5) is 0 Å². The van der Waals surface area contributed by atoms with Gasteiger partial charge in [-0.05, 0) is 66.1 Å². The lowest BCUT2D eigenvalue weighted by Gasteiger charge is -2.18. The van der Waals surface area contributed by atoms with E-state index in [-0.39, 0.29) is 11.8 Å². The molecule has 0 saturated carbocycles. The van der Waals surface area contributed by atoms with Gasteiger partial charge in [-0.25, -0.2) is 0 Å². The van der Waals surface area contributed by atoms with Crippen molar-refractivity contribution < 1.29 is 9.53 Å².